The lowest BCUT2D eigenvalue weighted by molar-refractivity contribution is -0.127. The average molecular weight is 446 g/mol. The number of rotatable bonds is 5. The van der Waals surface area contributed by atoms with Crippen molar-refractivity contribution in [3.8, 4) is 5.75 Å². The Morgan fingerprint density at radius 2 is 1.82 bits per heavy atom. The molecule has 6 heteroatoms. The maximum Gasteiger partial charge on any atom is 0.275 e. The number of fused-ring (bicyclic) bond motifs is 3. The van der Waals surface area contributed by atoms with E-state index in [0.717, 1.165) is 42.3 Å². The summed E-state index contributed by atoms with van der Waals surface area (Å²) in [6, 6.07) is 17.5. The molecule has 0 unspecified atom stereocenters. The van der Waals surface area contributed by atoms with E-state index in [1.54, 1.807) is 4.90 Å². The maximum atomic E-state index is 13.9. The molecular weight excluding hydrogens is 414 g/mol. The molecule has 0 saturated heterocycles. The van der Waals surface area contributed by atoms with Crippen molar-refractivity contribution in [2.75, 3.05) is 11.5 Å². The van der Waals surface area contributed by atoms with Gasteiger partial charge in [-0.1, -0.05) is 37.5 Å². The number of amides is 2. The highest BCUT2D eigenvalue weighted by atomic mass is 16.5. The van der Waals surface area contributed by atoms with Crippen molar-refractivity contribution >= 4 is 28.4 Å². The van der Waals surface area contributed by atoms with Gasteiger partial charge in [0.15, 0.2) is 0 Å². The first-order chi connectivity index (χ1) is 16.0. The molecule has 1 atom stereocenters. The summed E-state index contributed by atoms with van der Waals surface area (Å²) in [5.41, 5.74) is 1.22. The van der Waals surface area contributed by atoms with Gasteiger partial charge in [-0.15, -0.1) is 0 Å². The van der Waals surface area contributed by atoms with Crippen LogP contribution >= 0.6 is 0 Å². The van der Waals surface area contributed by atoms with Crippen molar-refractivity contribution in [2.24, 2.45) is 0 Å². The predicted molar refractivity (Wildman–Crippen MR) is 130 cm³/mol. The standard InChI is InChI=1S/C27H31N3O3/c1-3-33-22-15-13-21(14-16-22)30-25(31)24-17-19-9-7-8-12-23(19)29(24)18-27(30,2)26(32)28-20-10-5-4-6-11-20/h7-9,12-17,20H,3-6,10-11,18H2,1-2H3,(H,28,32)/t27-/m1/s1. The van der Waals surface area contributed by atoms with Crippen molar-refractivity contribution < 1.29 is 14.3 Å². The molecule has 1 fully saturated rings. The van der Waals surface area contributed by atoms with Gasteiger partial charge in [0, 0.05) is 22.6 Å². The van der Waals surface area contributed by atoms with Crippen LogP contribution in [-0.2, 0) is 11.3 Å². The van der Waals surface area contributed by atoms with Gasteiger partial charge >= 0.3 is 0 Å². The number of para-hydroxylation sites is 1. The molecule has 1 aliphatic carbocycles. The Morgan fingerprint density at radius 3 is 2.55 bits per heavy atom. The minimum Gasteiger partial charge on any atom is -0.494 e. The predicted octanol–water partition coefficient (Wildman–Crippen LogP) is 4.91. The van der Waals surface area contributed by atoms with E-state index in [0.29, 0.717) is 24.5 Å². The van der Waals surface area contributed by atoms with E-state index in [-0.39, 0.29) is 17.9 Å². The zero-order chi connectivity index (χ0) is 23.0. The van der Waals surface area contributed by atoms with E-state index in [1.807, 2.05) is 73.0 Å². The molecule has 2 amide bonds. The van der Waals surface area contributed by atoms with Crippen molar-refractivity contribution in [3.63, 3.8) is 0 Å². The average Bonchev–Trinajstić information content (AvgIpc) is 3.20. The fourth-order valence-electron chi connectivity index (χ4n) is 5.30. The molecule has 5 rings (SSSR count). The number of nitrogens with zero attached hydrogens (tertiary/aromatic N) is 2. The number of hydrogen-bond acceptors (Lipinski definition) is 3. The highest BCUT2D eigenvalue weighted by Gasteiger charge is 2.49. The molecule has 172 valence electrons. The van der Waals surface area contributed by atoms with Crippen molar-refractivity contribution in [1.29, 1.82) is 0 Å². The van der Waals surface area contributed by atoms with Gasteiger partial charge in [0.1, 0.15) is 17.0 Å². The number of carbonyl (C=O) groups excluding carboxylic acids is 2. The number of aromatic nitrogens is 1. The van der Waals surface area contributed by atoms with Gasteiger partial charge < -0.3 is 14.6 Å². The summed E-state index contributed by atoms with van der Waals surface area (Å²) in [7, 11) is 0. The normalized spacial score (nSPS) is 21.2. The Labute approximate surface area is 194 Å². The maximum absolute atomic E-state index is 13.9. The molecule has 1 aliphatic heterocycles. The van der Waals surface area contributed by atoms with Crippen molar-refractivity contribution in [1.82, 2.24) is 9.88 Å². The first-order valence-corrected chi connectivity index (χ1v) is 12.0. The molecule has 0 spiro atoms. The van der Waals surface area contributed by atoms with Gasteiger partial charge in [-0.05, 0) is 63.1 Å². The van der Waals surface area contributed by atoms with Gasteiger partial charge in [-0.3, -0.25) is 14.5 Å². The molecule has 33 heavy (non-hydrogen) atoms. The number of hydrogen-bond donors (Lipinski definition) is 1. The highest BCUT2D eigenvalue weighted by molar-refractivity contribution is 6.14. The van der Waals surface area contributed by atoms with E-state index < -0.39 is 5.54 Å². The number of anilines is 1. The fraction of sp³-hybridized carbons (Fsp3) is 0.407. The summed E-state index contributed by atoms with van der Waals surface area (Å²) in [6.45, 7) is 4.79. The number of ether oxygens (including phenoxy) is 1. The Morgan fingerprint density at radius 1 is 1.09 bits per heavy atom. The second-order valence-corrected chi connectivity index (χ2v) is 9.32. The van der Waals surface area contributed by atoms with E-state index in [4.69, 9.17) is 4.74 Å². The minimum absolute atomic E-state index is 0.0972. The summed E-state index contributed by atoms with van der Waals surface area (Å²) in [5, 5.41) is 4.29. The Kier molecular flexibility index (Phi) is 5.60. The van der Waals surface area contributed by atoms with E-state index >= 15 is 0 Å². The van der Waals surface area contributed by atoms with Crippen LogP contribution in [0.2, 0.25) is 0 Å². The van der Waals surface area contributed by atoms with E-state index in [9.17, 15) is 9.59 Å². The molecule has 1 aromatic heterocycles. The number of nitrogens with one attached hydrogen (secondary N) is 1. The zero-order valence-electron chi connectivity index (χ0n) is 19.3. The molecular formula is C27H31N3O3. The topological polar surface area (TPSA) is 63.6 Å². The lowest BCUT2D eigenvalue weighted by Crippen LogP contribution is -2.65. The first kappa shape index (κ1) is 21.6. The Hall–Kier alpha value is -3.28. The van der Waals surface area contributed by atoms with Crippen LogP contribution in [0.4, 0.5) is 5.69 Å². The minimum atomic E-state index is -1.06. The van der Waals surface area contributed by atoms with Crippen molar-refractivity contribution in [2.45, 2.75) is 64.1 Å². The number of carbonyl (C=O) groups is 2. The molecule has 3 aromatic rings. The second kappa shape index (κ2) is 8.58. The first-order valence-electron chi connectivity index (χ1n) is 12.0. The van der Waals surface area contributed by atoms with Crippen LogP contribution in [0.1, 0.15) is 56.4 Å². The zero-order valence-corrected chi connectivity index (χ0v) is 19.3. The van der Waals surface area contributed by atoms with Crippen LogP contribution in [0.3, 0.4) is 0 Å². The summed E-state index contributed by atoms with van der Waals surface area (Å²) in [5.74, 6) is 0.483. The molecule has 2 aliphatic rings. The monoisotopic (exact) mass is 445 g/mol. The molecule has 6 nitrogen and oxygen atoms in total. The lowest BCUT2D eigenvalue weighted by Gasteiger charge is -2.44. The van der Waals surface area contributed by atoms with Crippen LogP contribution in [0.25, 0.3) is 10.9 Å². The SMILES string of the molecule is CCOc1ccc(N2C(=O)c3cc4ccccc4n3C[C@]2(C)C(=O)NC2CCCCC2)cc1. The highest BCUT2D eigenvalue weighted by Crippen LogP contribution is 2.36. The summed E-state index contributed by atoms with van der Waals surface area (Å²) >= 11 is 0. The number of benzene rings is 2. The van der Waals surface area contributed by atoms with E-state index in [2.05, 4.69) is 5.32 Å². The van der Waals surface area contributed by atoms with Crippen LogP contribution < -0.4 is 15.0 Å². The van der Waals surface area contributed by atoms with Gasteiger partial charge in [-0.2, -0.15) is 0 Å². The molecule has 2 heterocycles. The van der Waals surface area contributed by atoms with Crippen LogP contribution in [0.5, 0.6) is 5.75 Å². The third kappa shape index (κ3) is 3.77. The molecule has 0 bridgehead atoms. The van der Waals surface area contributed by atoms with Crippen LogP contribution in [0.15, 0.2) is 54.6 Å². The summed E-state index contributed by atoms with van der Waals surface area (Å²) < 4.78 is 7.59. The Balaban J connectivity index is 1.58. The summed E-state index contributed by atoms with van der Waals surface area (Å²) in [6.07, 6.45) is 5.48. The quantitative estimate of drug-likeness (QED) is 0.607. The third-order valence-corrected chi connectivity index (χ3v) is 7.03. The Bertz CT molecular complexity index is 1180. The largest absolute Gasteiger partial charge is 0.494 e. The second-order valence-electron chi connectivity index (χ2n) is 9.32. The third-order valence-electron chi connectivity index (χ3n) is 7.03. The van der Waals surface area contributed by atoms with Gasteiger partial charge in [0.2, 0.25) is 5.91 Å². The van der Waals surface area contributed by atoms with Crippen molar-refractivity contribution in [3.05, 3.63) is 60.3 Å². The van der Waals surface area contributed by atoms with Gasteiger partial charge in [-0.25, -0.2) is 0 Å². The van der Waals surface area contributed by atoms with Crippen LogP contribution in [0, 0.1) is 0 Å². The smallest absolute Gasteiger partial charge is 0.275 e. The fourth-order valence-corrected chi connectivity index (χ4v) is 5.30. The molecule has 0 radical (unpaired) electrons. The van der Waals surface area contributed by atoms with Gasteiger partial charge in [0.25, 0.3) is 5.91 Å². The lowest BCUT2D eigenvalue weighted by atomic mass is 9.91. The van der Waals surface area contributed by atoms with E-state index in [1.165, 1.54) is 6.42 Å². The summed E-state index contributed by atoms with van der Waals surface area (Å²) in [4.78, 5) is 29.4. The molecule has 1 saturated carbocycles. The van der Waals surface area contributed by atoms with Crippen LogP contribution in [-0.4, -0.2) is 34.6 Å². The molecule has 1 N–H and O–H groups in total. The van der Waals surface area contributed by atoms with Gasteiger partial charge in [0.05, 0.1) is 13.2 Å². The molecule has 2 aromatic carbocycles.